The molecule has 2 heterocycles. The van der Waals surface area contributed by atoms with Crippen molar-refractivity contribution in [2.45, 2.75) is 12.5 Å². The maximum absolute atomic E-state index is 12.5. The van der Waals surface area contributed by atoms with Crippen LogP contribution in [-0.2, 0) is 18.2 Å². The number of nitrogens with zero attached hydrogens (tertiary/aromatic N) is 2. The van der Waals surface area contributed by atoms with E-state index >= 15 is 0 Å². The van der Waals surface area contributed by atoms with Crippen molar-refractivity contribution in [3.63, 3.8) is 0 Å². The van der Waals surface area contributed by atoms with Gasteiger partial charge in [-0.2, -0.15) is 5.10 Å². The van der Waals surface area contributed by atoms with Crippen LogP contribution in [0.25, 0.3) is 0 Å². The zero-order chi connectivity index (χ0) is 18.1. The molecule has 0 radical (unpaired) electrons. The van der Waals surface area contributed by atoms with Gasteiger partial charge in [-0.1, -0.05) is 30.3 Å². The van der Waals surface area contributed by atoms with E-state index in [2.05, 4.69) is 10.4 Å². The van der Waals surface area contributed by atoms with E-state index in [0.29, 0.717) is 23.2 Å². The lowest BCUT2D eigenvalue weighted by Crippen LogP contribution is -2.23. The van der Waals surface area contributed by atoms with E-state index in [4.69, 9.17) is 4.74 Å². The molecule has 0 saturated heterocycles. The number of esters is 1. The van der Waals surface area contributed by atoms with Crippen molar-refractivity contribution in [1.29, 1.82) is 0 Å². The second-order valence-electron chi connectivity index (χ2n) is 6.24. The summed E-state index contributed by atoms with van der Waals surface area (Å²) in [5.41, 5.74) is 3.38. The highest BCUT2D eigenvalue weighted by atomic mass is 16.5. The molecule has 1 amide bonds. The van der Waals surface area contributed by atoms with Crippen molar-refractivity contribution < 1.29 is 14.3 Å². The zero-order valence-electron chi connectivity index (χ0n) is 14.2. The minimum Gasteiger partial charge on any atom is -0.454 e. The summed E-state index contributed by atoms with van der Waals surface area (Å²) < 4.78 is 7.16. The van der Waals surface area contributed by atoms with Crippen LogP contribution >= 0.6 is 0 Å². The molecular weight excluding hydrogens is 330 g/mol. The van der Waals surface area contributed by atoms with Gasteiger partial charge in [0.25, 0.3) is 5.91 Å². The highest BCUT2D eigenvalue weighted by Crippen LogP contribution is 2.31. The van der Waals surface area contributed by atoms with Gasteiger partial charge in [-0.15, -0.1) is 0 Å². The minimum atomic E-state index is -0.362. The number of ether oxygens (including phenoxy) is 1. The lowest BCUT2D eigenvalue weighted by molar-refractivity contribution is 0.0252. The SMILES string of the molecule is Cn1cc(NC(=O)c2ccc3c(c2)C[C@@H](c2ccccc2)OC3=O)cn1. The number of aryl methyl sites for hydroxylation is 1. The fourth-order valence-electron chi connectivity index (χ4n) is 3.08. The first-order chi connectivity index (χ1) is 12.6. The number of anilines is 1. The van der Waals surface area contributed by atoms with Crippen LogP contribution in [0.5, 0.6) is 0 Å². The standard InChI is InChI=1S/C20H17N3O3/c1-23-12-16(11-21-23)22-19(24)14-7-8-17-15(9-14)10-18(26-20(17)25)13-5-3-2-4-6-13/h2-9,11-12,18H,10H2,1H3,(H,22,24)/t18-/m0/s1. The van der Waals surface area contributed by atoms with Crippen LogP contribution in [-0.4, -0.2) is 21.7 Å². The van der Waals surface area contributed by atoms with Gasteiger partial charge in [0.1, 0.15) is 6.10 Å². The first kappa shape index (κ1) is 16.1. The number of rotatable bonds is 3. The fourth-order valence-corrected chi connectivity index (χ4v) is 3.08. The molecule has 0 aliphatic carbocycles. The van der Waals surface area contributed by atoms with Crippen LogP contribution < -0.4 is 5.32 Å². The van der Waals surface area contributed by atoms with Crippen molar-refractivity contribution >= 4 is 17.6 Å². The average Bonchev–Trinajstić information content (AvgIpc) is 3.06. The van der Waals surface area contributed by atoms with Gasteiger partial charge < -0.3 is 10.1 Å². The number of benzene rings is 2. The molecule has 130 valence electrons. The monoisotopic (exact) mass is 347 g/mol. The van der Waals surface area contributed by atoms with Gasteiger partial charge in [-0.3, -0.25) is 9.48 Å². The molecule has 0 saturated carbocycles. The number of aromatic nitrogens is 2. The number of carbonyl (C=O) groups is 2. The molecule has 0 bridgehead atoms. The number of nitrogens with one attached hydrogen (secondary N) is 1. The van der Waals surface area contributed by atoms with Crippen molar-refractivity contribution in [1.82, 2.24) is 9.78 Å². The predicted molar refractivity (Wildman–Crippen MR) is 95.9 cm³/mol. The third-order valence-corrected chi connectivity index (χ3v) is 4.38. The Hall–Kier alpha value is -3.41. The van der Waals surface area contributed by atoms with E-state index in [1.165, 1.54) is 0 Å². The maximum Gasteiger partial charge on any atom is 0.339 e. The van der Waals surface area contributed by atoms with E-state index in [9.17, 15) is 9.59 Å². The van der Waals surface area contributed by atoms with E-state index in [1.807, 2.05) is 30.3 Å². The normalized spacial score (nSPS) is 15.9. The summed E-state index contributed by atoms with van der Waals surface area (Å²) in [6.07, 6.45) is 3.50. The quantitative estimate of drug-likeness (QED) is 0.739. The highest BCUT2D eigenvalue weighted by Gasteiger charge is 2.28. The molecule has 6 heteroatoms. The Labute approximate surface area is 150 Å². The van der Waals surface area contributed by atoms with Crippen molar-refractivity contribution in [2.75, 3.05) is 5.32 Å². The van der Waals surface area contributed by atoms with E-state index in [0.717, 1.165) is 11.1 Å². The van der Waals surface area contributed by atoms with Gasteiger partial charge in [0.15, 0.2) is 0 Å². The summed E-state index contributed by atoms with van der Waals surface area (Å²) in [6.45, 7) is 0. The summed E-state index contributed by atoms with van der Waals surface area (Å²) in [4.78, 5) is 24.8. The topological polar surface area (TPSA) is 73.2 Å². The Balaban J connectivity index is 1.59. The molecule has 1 aromatic heterocycles. The first-order valence-corrected chi connectivity index (χ1v) is 8.29. The Morgan fingerprint density at radius 2 is 2.04 bits per heavy atom. The second kappa shape index (κ2) is 6.48. The van der Waals surface area contributed by atoms with Gasteiger partial charge in [0.2, 0.25) is 0 Å². The molecule has 0 spiro atoms. The number of fused-ring (bicyclic) bond motifs is 1. The maximum atomic E-state index is 12.5. The molecule has 4 rings (SSSR count). The van der Waals surface area contributed by atoms with Crippen LogP contribution in [0.3, 0.4) is 0 Å². The first-order valence-electron chi connectivity index (χ1n) is 8.29. The van der Waals surface area contributed by atoms with Gasteiger partial charge >= 0.3 is 5.97 Å². The average molecular weight is 347 g/mol. The number of cyclic esters (lactones) is 1. The van der Waals surface area contributed by atoms with Gasteiger partial charge in [-0.05, 0) is 29.3 Å². The van der Waals surface area contributed by atoms with Crippen LogP contribution in [0.15, 0.2) is 60.9 Å². The second-order valence-corrected chi connectivity index (χ2v) is 6.24. The highest BCUT2D eigenvalue weighted by molar-refractivity contribution is 6.05. The van der Waals surface area contributed by atoms with E-state index < -0.39 is 0 Å². The molecule has 1 atom stereocenters. The zero-order valence-corrected chi connectivity index (χ0v) is 14.2. The Morgan fingerprint density at radius 1 is 1.23 bits per heavy atom. The van der Waals surface area contributed by atoms with Crippen LogP contribution in [0.4, 0.5) is 5.69 Å². The molecular formula is C20H17N3O3. The summed E-state index contributed by atoms with van der Waals surface area (Å²) in [5, 5.41) is 6.83. The smallest absolute Gasteiger partial charge is 0.339 e. The molecule has 0 unspecified atom stereocenters. The molecule has 1 N–H and O–H groups in total. The van der Waals surface area contributed by atoms with E-state index in [1.54, 1.807) is 42.3 Å². The predicted octanol–water partition coefficient (Wildman–Crippen LogP) is 3.13. The summed E-state index contributed by atoms with van der Waals surface area (Å²) in [5.74, 6) is -0.602. The molecule has 2 aromatic carbocycles. The molecule has 6 nitrogen and oxygen atoms in total. The van der Waals surface area contributed by atoms with Crippen molar-refractivity contribution in [2.24, 2.45) is 7.05 Å². The Morgan fingerprint density at radius 3 is 2.77 bits per heavy atom. The number of amides is 1. The van der Waals surface area contributed by atoms with Crippen molar-refractivity contribution in [3.8, 4) is 0 Å². The summed E-state index contributed by atoms with van der Waals surface area (Å²) in [6, 6.07) is 14.7. The van der Waals surface area contributed by atoms with Crippen LogP contribution in [0.1, 0.15) is 37.9 Å². The largest absolute Gasteiger partial charge is 0.454 e. The molecule has 1 aliphatic rings. The lowest BCUT2D eigenvalue weighted by Gasteiger charge is -2.25. The Kier molecular flexibility index (Phi) is 4.01. The van der Waals surface area contributed by atoms with Gasteiger partial charge in [0.05, 0.1) is 17.4 Å². The third-order valence-electron chi connectivity index (χ3n) is 4.38. The van der Waals surface area contributed by atoms with Crippen molar-refractivity contribution in [3.05, 3.63) is 83.2 Å². The third kappa shape index (κ3) is 3.09. The number of carbonyl (C=O) groups excluding carboxylic acids is 2. The van der Waals surface area contributed by atoms with Crippen LogP contribution in [0.2, 0.25) is 0 Å². The van der Waals surface area contributed by atoms with Gasteiger partial charge in [0, 0.05) is 25.2 Å². The fraction of sp³-hybridized carbons (Fsp3) is 0.150. The van der Waals surface area contributed by atoms with E-state index in [-0.39, 0.29) is 18.0 Å². The molecule has 1 aliphatic heterocycles. The summed E-state index contributed by atoms with van der Waals surface area (Å²) >= 11 is 0. The molecule has 26 heavy (non-hydrogen) atoms. The lowest BCUT2D eigenvalue weighted by atomic mass is 9.93. The number of hydrogen-bond acceptors (Lipinski definition) is 4. The summed E-state index contributed by atoms with van der Waals surface area (Å²) in [7, 11) is 1.78. The Bertz CT molecular complexity index is 979. The molecule has 0 fully saturated rings. The molecule has 3 aromatic rings. The minimum absolute atomic E-state index is 0.240. The van der Waals surface area contributed by atoms with Gasteiger partial charge in [-0.25, -0.2) is 4.79 Å². The number of hydrogen-bond donors (Lipinski definition) is 1. The van der Waals surface area contributed by atoms with Crippen LogP contribution in [0, 0.1) is 0 Å².